The smallest absolute Gasteiger partial charge is 0.227 e. The van der Waals surface area contributed by atoms with Crippen molar-refractivity contribution in [3.63, 3.8) is 0 Å². The molecule has 2 N–H and O–H groups in total. The lowest BCUT2D eigenvalue weighted by molar-refractivity contribution is -0.117. The van der Waals surface area contributed by atoms with Gasteiger partial charge in [-0.15, -0.1) is 0 Å². The molecule has 0 radical (unpaired) electrons. The molecule has 0 unspecified atom stereocenters. The molecular weight excluding hydrogens is 456 g/mol. The van der Waals surface area contributed by atoms with Crippen LogP contribution in [-0.2, 0) is 11.4 Å². The van der Waals surface area contributed by atoms with E-state index in [4.69, 9.17) is 9.72 Å². The van der Waals surface area contributed by atoms with Crippen molar-refractivity contribution in [3.05, 3.63) is 79.1 Å². The maximum Gasteiger partial charge on any atom is 0.227 e. The van der Waals surface area contributed by atoms with Gasteiger partial charge in [-0.25, -0.2) is 9.97 Å². The standard InChI is InChI=1S/C26H22N8O2/c35-25-5-2-10-34(25)20-4-1-3-18(12-20)31-26-29-14-17-11-21(22-6-7-30-33-22)24(13-23(17)32-26)36-16-19-15-27-8-9-28-19/h1,3-4,6-9,11-15H,2,5,10,16H2,(H,30,33)(H,29,31,32). The third-order valence-corrected chi connectivity index (χ3v) is 5.94. The molecular formula is C26H22N8O2. The van der Waals surface area contributed by atoms with Crippen molar-refractivity contribution >= 4 is 34.1 Å². The third-order valence-electron chi connectivity index (χ3n) is 5.94. The number of benzene rings is 2. The molecule has 10 heteroatoms. The predicted molar refractivity (Wildman–Crippen MR) is 135 cm³/mol. The molecule has 1 fully saturated rings. The molecule has 3 aromatic heterocycles. The van der Waals surface area contributed by atoms with Gasteiger partial charge in [-0.2, -0.15) is 5.10 Å². The second-order valence-electron chi connectivity index (χ2n) is 8.37. The molecule has 10 nitrogen and oxygen atoms in total. The molecule has 2 aromatic carbocycles. The van der Waals surface area contributed by atoms with Crippen LogP contribution in [0.3, 0.4) is 0 Å². The monoisotopic (exact) mass is 478 g/mol. The molecule has 0 bridgehead atoms. The van der Waals surface area contributed by atoms with Gasteiger partial charge in [0.15, 0.2) is 0 Å². The second kappa shape index (κ2) is 9.41. The van der Waals surface area contributed by atoms with Crippen molar-refractivity contribution in [1.82, 2.24) is 30.1 Å². The Balaban J connectivity index is 1.31. The Morgan fingerprint density at radius 1 is 1.08 bits per heavy atom. The average Bonchev–Trinajstić information content (AvgIpc) is 3.60. The van der Waals surface area contributed by atoms with Crippen LogP contribution >= 0.6 is 0 Å². The summed E-state index contributed by atoms with van der Waals surface area (Å²) in [5, 5.41) is 11.3. The van der Waals surface area contributed by atoms with Gasteiger partial charge in [-0.1, -0.05) is 6.07 Å². The lowest BCUT2D eigenvalue weighted by Gasteiger charge is -2.17. The first kappa shape index (κ1) is 21.7. The molecule has 36 heavy (non-hydrogen) atoms. The maximum atomic E-state index is 12.1. The molecule has 1 saturated heterocycles. The van der Waals surface area contributed by atoms with Crippen molar-refractivity contribution < 1.29 is 9.53 Å². The summed E-state index contributed by atoms with van der Waals surface area (Å²) in [6.07, 6.45) is 9.93. The molecule has 1 amide bonds. The highest BCUT2D eigenvalue weighted by Crippen LogP contribution is 2.33. The molecule has 0 spiro atoms. The van der Waals surface area contributed by atoms with Crippen LogP contribution in [0.15, 0.2) is 73.4 Å². The van der Waals surface area contributed by atoms with Gasteiger partial charge in [-0.05, 0) is 36.8 Å². The van der Waals surface area contributed by atoms with Crippen LogP contribution in [-0.4, -0.2) is 42.6 Å². The molecule has 0 aliphatic carbocycles. The average molecular weight is 479 g/mol. The number of aromatic amines is 1. The van der Waals surface area contributed by atoms with E-state index in [1.165, 1.54) is 0 Å². The minimum atomic E-state index is 0.149. The van der Waals surface area contributed by atoms with E-state index in [2.05, 4.69) is 30.5 Å². The van der Waals surface area contributed by atoms with Gasteiger partial charge >= 0.3 is 0 Å². The fourth-order valence-corrected chi connectivity index (χ4v) is 4.21. The number of fused-ring (bicyclic) bond motifs is 1. The van der Waals surface area contributed by atoms with Crippen LogP contribution in [0, 0.1) is 0 Å². The number of carbonyl (C=O) groups is 1. The van der Waals surface area contributed by atoms with E-state index in [1.54, 1.807) is 31.0 Å². The van der Waals surface area contributed by atoms with E-state index in [9.17, 15) is 4.79 Å². The van der Waals surface area contributed by atoms with Crippen molar-refractivity contribution in [2.75, 3.05) is 16.8 Å². The lowest BCUT2D eigenvalue weighted by Crippen LogP contribution is -2.23. The van der Waals surface area contributed by atoms with Crippen LogP contribution in [0.5, 0.6) is 5.75 Å². The van der Waals surface area contributed by atoms with Gasteiger partial charge in [-0.3, -0.25) is 19.9 Å². The van der Waals surface area contributed by atoms with Crippen molar-refractivity contribution in [2.45, 2.75) is 19.4 Å². The summed E-state index contributed by atoms with van der Waals surface area (Å²) in [6, 6.07) is 13.4. The Labute approximate surface area is 206 Å². The van der Waals surface area contributed by atoms with E-state index in [-0.39, 0.29) is 12.5 Å². The maximum absolute atomic E-state index is 12.1. The van der Waals surface area contributed by atoms with Crippen LogP contribution in [0.25, 0.3) is 22.2 Å². The molecule has 0 atom stereocenters. The van der Waals surface area contributed by atoms with Crippen LogP contribution in [0.2, 0.25) is 0 Å². The highest BCUT2D eigenvalue weighted by Gasteiger charge is 2.21. The number of rotatable bonds is 7. The summed E-state index contributed by atoms with van der Waals surface area (Å²) in [4.78, 5) is 31.5. The summed E-state index contributed by atoms with van der Waals surface area (Å²) in [6.45, 7) is 0.999. The topological polar surface area (TPSA) is 122 Å². The molecule has 0 saturated carbocycles. The van der Waals surface area contributed by atoms with Gasteiger partial charge in [0.25, 0.3) is 0 Å². The lowest BCUT2D eigenvalue weighted by atomic mass is 10.1. The number of hydrogen-bond acceptors (Lipinski definition) is 8. The summed E-state index contributed by atoms with van der Waals surface area (Å²) in [7, 11) is 0. The molecule has 178 valence electrons. The molecule has 1 aliphatic heterocycles. The largest absolute Gasteiger partial charge is 0.486 e. The van der Waals surface area contributed by atoms with Crippen LogP contribution in [0.1, 0.15) is 18.5 Å². The Hall–Kier alpha value is -4.86. The number of nitrogens with zero attached hydrogens (tertiary/aromatic N) is 6. The third kappa shape index (κ3) is 4.43. The van der Waals surface area contributed by atoms with Crippen LogP contribution in [0.4, 0.5) is 17.3 Å². The summed E-state index contributed by atoms with van der Waals surface area (Å²) >= 11 is 0. The quantitative estimate of drug-likeness (QED) is 0.356. The normalized spacial score (nSPS) is 13.3. The number of anilines is 3. The van der Waals surface area contributed by atoms with Gasteiger partial charge < -0.3 is 15.0 Å². The number of nitrogens with one attached hydrogen (secondary N) is 2. The minimum absolute atomic E-state index is 0.149. The Kier molecular flexibility index (Phi) is 5.66. The Bertz CT molecular complexity index is 1520. The summed E-state index contributed by atoms with van der Waals surface area (Å²) in [5.41, 5.74) is 4.67. The summed E-state index contributed by atoms with van der Waals surface area (Å²) in [5.74, 6) is 1.22. The molecule has 4 heterocycles. The highest BCUT2D eigenvalue weighted by atomic mass is 16.5. The number of amides is 1. The van der Waals surface area contributed by atoms with Gasteiger partial charge in [0.2, 0.25) is 11.9 Å². The van der Waals surface area contributed by atoms with Crippen LogP contribution < -0.4 is 15.0 Å². The minimum Gasteiger partial charge on any atom is -0.486 e. The highest BCUT2D eigenvalue weighted by molar-refractivity contribution is 5.96. The SMILES string of the molecule is O=C1CCCN1c1cccc(Nc2ncc3cc(-c4cc[nH]n4)c(OCc4cnccn4)cc3n2)c1. The van der Waals surface area contributed by atoms with E-state index < -0.39 is 0 Å². The fourth-order valence-electron chi connectivity index (χ4n) is 4.21. The first-order valence-electron chi connectivity index (χ1n) is 11.6. The zero-order chi connectivity index (χ0) is 24.3. The zero-order valence-corrected chi connectivity index (χ0v) is 19.3. The summed E-state index contributed by atoms with van der Waals surface area (Å²) < 4.78 is 6.12. The van der Waals surface area contributed by atoms with Gasteiger partial charge in [0.05, 0.1) is 23.1 Å². The van der Waals surface area contributed by atoms with Crippen molar-refractivity contribution in [3.8, 4) is 17.0 Å². The Morgan fingerprint density at radius 2 is 2.06 bits per heavy atom. The fraction of sp³-hybridized carbons (Fsp3) is 0.154. The van der Waals surface area contributed by atoms with E-state index >= 15 is 0 Å². The number of aromatic nitrogens is 6. The number of carbonyl (C=O) groups excluding carboxylic acids is 1. The molecule has 6 rings (SSSR count). The van der Waals surface area contributed by atoms with E-state index in [0.717, 1.165) is 41.0 Å². The first-order valence-corrected chi connectivity index (χ1v) is 11.6. The second-order valence-corrected chi connectivity index (χ2v) is 8.37. The van der Waals surface area contributed by atoms with E-state index in [1.807, 2.05) is 47.4 Å². The number of H-pyrrole nitrogens is 1. The van der Waals surface area contributed by atoms with Crippen molar-refractivity contribution in [1.29, 1.82) is 0 Å². The zero-order valence-electron chi connectivity index (χ0n) is 19.3. The number of ether oxygens (including phenoxy) is 1. The first-order chi connectivity index (χ1) is 17.7. The molecule has 1 aliphatic rings. The Morgan fingerprint density at radius 3 is 2.86 bits per heavy atom. The van der Waals surface area contributed by atoms with Gasteiger partial charge in [0.1, 0.15) is 12.4 Å². The van der Waals surface area contributed by atoms with E-state index in [0.29, 0.717) is 29.3 Å². The number of hydrogen-bond donors (Lipinski definition) is 2. The predicted octanol–water partition coefficient (Wildman–Crippen LogP) is 4.26. The van der Waals surface area contributed by atoms with Crippen molar-refractivity contribution in [2.24, 2.45) is 0 Å². The van der Waals surface area contributed by atoms with Gasteiger partial charge in [0, 0.05) is 66.1 Å². The molecule has 5 aromatic rings.